The molecule has 2 N–H and O–H groups in total. The van der Waals surface area contributed by atoms with Crippen LogP contribution in [0, 0.1) is 0 Å². The zero-order chi connectivity index (χ0) is 11.6. The molecular weight excluding hydrogens is 210 g/mol. The van der Waals surface area contributed by atoms with Gasteiger partial charge in [0.25, 0.3) is 0 Å². The molecule has 0 bridgehead atoms. The Kier molecular flexibility index (Phi) is 3.63. The maximum Gasteiger partial charge on any atom is 0.220 e. The molecule has 0 saturated carbocycles. The van der Waals surface area contributed by atoms with Gasteiger partial charge in [-0.15, -0.1) is 12.6 Å². The second kappa shape index (κ2) is 4.57. The number of carbonyl (C=O) groups is 1. The minimum atomic E-state index is -0.311. The van der Waals surface area contributed by atoms with E-state index in [1.807, 2.05) is 13.8 Å². The number of anilines is 1. The van der Waals surface area contributed by atoms with Crippen LogP contribution in [-0.4, -0.2) is 12.2 Å². The Bertz CT molecular complexity index is 388. The molecule has 0 spiro atoms. The summed E-state index contributed by atoms with van der Waals surface area (Å²) in [5, 5.41) is -0.311. The first-order valence-electron chi connectivity index (χ1n) is 4.68. The quantitative estimate of drug-likeness (QED) is 0.613. The summed E-state index contributed by atoms with van der Waals surface area (Å²) in [4.78, 5) is 11.3. The van der Waals surface area contributed by atoms with E-state index in [-0.39, 0.29) is 11.0 Å². The van der Waals surface area contributed by atoms with Gasteiger partial charge in [0.15, 0.2) is 0 Å². The third-order valence-electron chi connectivity index (χ3n) is 2.26. The van der Waals surface area contributed by atoms with Crippen molar-refractivity contribution in [2.45, 2.75) is 19.8 Å². The lowest BCUT2D eigenvalue weighted by atomic mass is 9.98. The van der Waals surface area contributed by atoms with E-state index >= 15 is 0 Å². The summed E-state index contributed by atoms with van der Waals surface area (Å²) < 4.78 is 5.07. The van der Waals surface area contributed by atoms with Crippen LogP contribution in [-0.2, 0) is 0 Å². The van der Waals surface area contributed by atoms with Crippen molar-refractivity contribution in [1.29, 1.82) is 0 Å². The van der Waals surface area contributed by atoms with Gasteiger partial charge in [-0.1, -0.05) is 13.8 Å². The summed E-state index contributed by atoms with van der Waals surface area (Å²) in [5.74, 6) is 0.735. The first-order chi connectivity index (χ1) is 6.97. The smallest absolute Gasteiger partial charge is 0.220 e. The summed E-state index contributed by atoms with van der Waals surface area (Å²) in [7, 11) is 1.50. The monoisotopic (exact) mass is 225 g/mol. The molecule has 4 heteroatoms. The second-order valence-electron chi connectivity index (χ2n) is 3.64. The van der Waals surface area contributed by atoms with E-state index in [1.165, 1.54) is 7.11 Å². The average Bonchev–Trinajstić information content (AvgIpc) is 2.16. The molecule has 0 aliphatic carbocycles. The third-order valence-corrected chi connectivity index (χ3v) is 2.50. The van der Waals surface area contributed by atoms with Gasteiger partial charge >= 0.3 is 0 Å². The SMILES string of the molecule is COc1cc(N)c(C(C)C)cc1C(=O)S. The van der Waals surface area contributed by atoms with Crippen molar-refractivity contribution < 1.29 is 9.53 Å². The number of nitrogen functional groups attached to an aromatic ring is 1. The van der Waals surface area contributed by atoms with Crippen molar-refractivity contribution in [1.82, 2.24) is 0 Å². The van der Waals surface area contributed by atoms with Gasteiger partial charge in [0.2, 0.25) is 5.12 Å². The number of ether oxygens (including phenoxy) is 1. The molecule has 0 amide bonds. The molecule has 0 aliphatic rings. The zero-order valence-corrected chi connectivity index (χ0v) is 9.97. The number of benzene rings is 1. The van der Waals surface area contributed by atoms with E-state index in [0.29, 0.717) is 17.0 Å². The predicted molar refractivity (Wildman–Crippen MR) is 64.8 cm³/mol. The summed E-state index contributed by atoms with van der Waals surface area (Å²) in [5.41, 5.74) is 7.89. The zero-order valence-electron chi connectivity index (χ0n) is 9.07. The fourth-order valence-corrected chi connectivity index (χ4v) is 1.62. The third kappa shape index (κ3) is 2.45. The van der Waals surface area contributed by atoms with Crippen LogP contribution >= 0.6 is 12.6 Å². The fraction of sp³-hybridized carbons (Fsp3) is 0.364. The molecule has 0 fully saturated rings. The molecule has 1 aromatic rings. The lowest BCUT2D eigenvalue weighted by Crippen LogP contribution is -2.03. The molecule has 3 nitrogen and oxygen atoms in total. The molecular formula is C11H15NO2S. The minimum absolute atomic E-state index is 0.266. The highest BCUT2D eigenvalue weighted by Gasteiger charge is 2.14. The van der Waals surface area contributed by atoms with E-state index in [1.54, 1.807) is 12.1 Å². The molecule has 1 aromatic carbocycles. The summed E-state index contributed by atoms with van der Waals surface area (Å²) in [6.07, 6.45) is 0. The maximum atomic E-state index is 11.3. The van der Waals surface area contributed by atoms with Gasteiger partial charge in [-0.25, -0.2) is 0 Å². The molecule has 0 heterocycles. The van der Waals surface area contributed by atoms with Crippen molar-refractivity contribution in [2.75, 3.05) is 12.8 Å². The Morgan fingerprint density at radius 1 is 1.47 bits per heavy atom. The number of rotatable bonds is 3. The van der Waals surface area contributed by atoms with Crippen molar-refractivity contribution in [3.8, 4) is 5.75 Å². The summed E-state index contributed by atoms with van der Waals surface area (Å²) >= 11 is 3.80. The number of hydrogen-bond donors (Lipinski definition) is 2. The van der Waals surface area contributed by atoms with Gasteiger partial charge in [-0.3, -0.25) is 4.79 Å². The molecule has 0 aliphatic heterocycles. The van der Waals surface area contributed by atoms with Crippen LogP contribution in [0.1, 0.15) is 35.7 Å². The second-order valence-corrected chi connectivity index (χ2v) is 4.05. The minimum Gasteiger partial charge on any atom is -0.496 e. The van der Waals surface area contributed by atoms with Crippen molar-refractivity contribution in [2.24, 2.45) is 0 Å². The van der Waals surface area contributed by atoms with Crippen LogP contribution < -0.4 is 10.5 Å². The molecule has 82 valence electrons. The standard InChI is InChI=1S/C11H15NO2S/c1-6(2)7-4-8(11(13)15)10(14-3)5-9(7)12/h4-6H,12H2,1-3H3,(H,13,15). The summed E-state index contributed by atoms with van der Waals surface area (Å²) in [6, 6.07) is 3.41. The number of carbonyl (C=O) groups excluding carboxylic acids is 1. The van der Waals surface area contributed by atoms with Crippen LogP contribution in [0.25, 0.3) is 0 Å². The van der Waals surface area contributed by atoms with Gasteiger partial charge in [0.1, 0.15) is 5.75 Å². The Morgan fingerprint density at radius 3 is 2.47 bits per heavy atom. The molecule has 0 unspecified atom stereocenters. The lowest BCUT2D eigenvalue weighted by molar-refractivity contribution is 0.108. The van der Waals surface area contributed by atoms with Crippen LogP contribution in [0.4, 0.5) is 5.69 Å². The molecule has 0 atom stereocenters. The van der Waals surface area contributed by atoms with Crippen LogP contribution in [0.2, 0.25) is 0 Å². The maximum absolute atomic E-state index is 11.3. The van der Waals surface area contributed by atoms with Crippen molar-refractivity contribution in [3.05, 3.63) is 23.3 Å². The normalized spacial score (nSPS) is 10.5. The van der Waals surface area contributed by atoms with Gasteiger partial charge in [0, 0.05) is 11.8 Å². The molecule has 1 rings (SSSR count). The van der Waals surface area contributed by atoms with E-state index < -0.39 is 0 Å². The van der Waals surface area contributed by atoms with E-state index in [9.17, 15) is 4.79 Å². The van der Waals surface area contributed by atoms with Gasteiger partial charge < -0.3 is 10.5 Å². The fourth-order valence-electron chi connectivity index (χ4n) is 1.45. The molecule has 0 radical (unpaired) electrons. The van der Waals surface area contributed by atoms with Crippen LogP contribution in [0.3, 0.4) is 0 Å². The predicted octanol–water partition coefficient (Wildman–Crippen LogP) is 2.47. The highest BCUT2D eigenvalue weighted by Crippen LogP contribution is 2.30. The Labute approximate surface area is 95.0 Å². The first kappa shape index (κ1) is 11.9. The molecule has 0 aromatic heterocycles. The van der Waals surface area contributed by atoms with Crippen molar-refractivity contribution >= 4 is 23.4 Å². The van der Waals surface area contributed by atoms with Gasteiger partial charge in [-0.05, 0) is 17.5 Å². The molecule has 15 heavy (non-hydrogen) atoms. The first-order valence-corrected chi connectivity index (χ1v) is 5.12. The van der Waals surface area contributed by atoms with Crippen molar-refractivity contribution in [3.63, 3.8) is 0 Å². The number of hydrogen-bond acceptors (Lipinski definition) is 3. The highest BCUT2D eigenvalue weighted by atomic mass is 32.1. The van der Waals surface area contributed by atoms with Crippen LogP contribution in [0.15, 0.2) is 12.1 Å². The van der Waals surface area contributed by atoms with Gasteiger partial charge in [0.05, 0.1) is 12.7 Å². The number of thiol groups is 1. The average molecular weight is 225 g/mol. The Hall–Kier alpha value is -1.16. The topological polar surface area (TPSA) is 52.3 Å². The number of nitrogens with two attached hydrogens (primary N) is 1. The highest BCUT2D eigenvalue weighted by molar-refractivity contribution is 7.97. The summed E-state index contributed by atoms with van der Waals surface area (Å²) in [6.45, 7) is 4.04. The van der Waals surface area contributed by atoms with E-state index in [2.05, 4.69) is 12.6 Å². The Morgan fingerprint density at radius 2 is 2.07 bits per heavy atom. The lowest BCUT2D eigenvalue weighted by Gasteiger charge is -2.13. The van der Waals surface area contributed by atoms with Crippen LogP contribution in [0.5, 0.6) is 5.75 Å². The largest absolute Gasteiger partial charge is 0.496 e. The molecule has 0 saturated heterocycles. The van der Waals surface area contributed by atoms with E-state index in [0.717, 1.165) is 5.56 Å². The van der Waals surface area contributed by atoms with Gasteiger partial charge in [-0.2, -0.15) is 0 Å². The number of methoxy groups -OCH3 is 1. The van der Waals surface area contributed by atoms with E-state index in [4.69, 9.17) is 10.5 Å². The Balaban J connectivity index is 3.37.